The number of rotatable bonds is 3. The van der Waals surface area contributed by atoms with Crippen molar-refractivity contribution < 1.29 is 14.3 Å². The summed E-state index contributed by atoms with van der Waals surface area (Å²) < 4.78 is 14.2. The molecule has 2 aromatic heterocycles. The number of nitrogens with one attached hydrogen (secondary N) is 1. The monoisotopic (exact) mass is 320 g/mol. The van der Waals surface area contributed by atoms with Crippen LogP contribution in [0.1, 0.15) is 15.2 Å². The smallest absolute Gasteiger partial charge is 0.345 e. The Morgan fingerprint density at radius 3 is 2.59 bits per heavy atom. The molecule has 22 heavy (non-hydrogen) atoms. The van der Waals surface area contributed by atoms with Crippen molar-refractivity contribution in [2.24, 2.45) is 0 Å². The molecule has 0 aliphatic heterocycles. The van der Waals surface area contributed by atoms with Crippen LogP contribution >= 0.6 is 11.3 Å². The van der Waals surface area contributed by atoms with Crippen molar-refractivity contribution in [1.29, 1.82) is 0 Å². The van der Waals surface area contributed by atoms with Crippen molar-refractivity contribution in [2.45, 2.75) is 6.54 Å². The van der Waals surface area contributed by atoms with E-state index in [0.29, 0.717) is 5.56 Å². The fourth-order valence-electron chi connectivity index (χ4n) is 2.09. The lowest BCUT2D eigenvalue weighted by Crippen LogP contribution is -2.29. The molecule has 0 aliphatic rings. The third-order valence-corrected chi connectivity index (χ3v) is 4.28. The van der Waals surface area contributed by atoms with Crippen LogP contribution in [0.15, 0.2) is 39.9 Å². The molecule has 0 amide bonds. The highest BCUT2D eigenvalue weighted by molar-refractivity contribution is 7.20. The average molecular weight is 320 g/mol. The van der Waals surface area contributed by atoms with Gasteiger partial charge in [0.15, 0.2) is 0 Å². The molecule has 0 saturated carbocycles. The second kappa shape index (κ2) is 5.23. The largest absolute Gasteiger partial charge is 0.477 e. The van der Waals surface area contributed by atoms with Crippen LogP contribution in [-0.4, -0.2) is 20.6 Å². The van der Waals surface area contributed by atoms with Crippen molar-refractivity contribution >= 4 is 27.5 Å². The zero-order valence-electron chi connectivity index (χ0n) is 11.0. The van der Waals surface area contributed by atoms with E-state index >= 15 is 0 Å². The minimum absolute atomic E-state index is 0.0287. The number of thiophene rings is 1. The van der Waals surface area contributed by atoms with Gasteiger partial charge in [-0.15, -0.1) is 11.3 Å². The standard InChI is InChI=1S/C14H9FN2O4S/c15-8-3-1-7(2-4-8)6-17-12-9(11(18)16-14(17)21)5-10(22-12)13(19)20/h1-5H,6H2,(H,19,20)(H,16,18,21). The zero-order chi connectivity index (χ0) is 15.9. The predicted molar refractivity (Wildman–Crippen MR) is 79.2 cm³/mol. The van der Waals surface area contributed by atoms with E-state index in [1.807, 2.05) is 0 Å². The molecule has 0 spiro atoms. The number of fused-ring (bicyclic) bond motifs is 1. The molecule has 0 radical (unpaired) electrons. The highest BCUT2D eigenvalue weighted by Crippen LogP contribution is 2.22. The molecule has 0 unspecified atom stereocenters. The number of benzene rings is 1. The Hall–Kier alpha value is -2.74. The molecule has 3 rings (SSSR count). The van der Waals surface area contributed by atoms with Gasteiger partial charge in [-0.3, -0.25) is 14.3 Å². The van der Waals surface area contributed by atoms with Gasteiger partial charge in [0.25, 0.3) is 5.56 Å². The van der Waals surface area contributed by atoms with Crippen LogP contribution in [0.3, 0.4) is 0 Å². The molecule has 2 N–H and O–H groups in total. The van der Waals surface area contributed by atoms with Gasteiger partial charge in [-0.2, -0.15) is 0 Å². The number of nitrogens with zero attached hydrogens (tertiary/aromatic N) is 1. The molecule has 0 bridgehead atoms. The maximum atomic E-state index is 12.9. The summed E-state index contributed by atoms with van der Waals surface area (Å²) >= 11 is 0.852. The van der Waals surface area contributed by atoms with Gasteiger partial charge in [0.05, 0.1) is 11.9 Å². The predicted octanol–water partition coefficient (Wildman–Crippen LogP) is 1.64. The summed E-state index contributed by atoms with van der Waals surface area (Å²) in [4.78, 5) is 37.2. The van der Waals surface area contributed by atoms with Crippen molar-refractivity contribution in [3.8, 4) is 0 Å². The second-order valence-corrected chi connectivity index (χ2v) is 5.64. The zero-order valence-corrected chi connectivity index (χ0v) is 11.8. The topological polar surface area (TPSA) is 92.2 Å². The first kappa shape index (κ1) is 14.2. The fraction of sp³-hybridized carbons (Fsp3) is 0.0714. The van der Waals surface area contributed by atoms with Crippen molar-refractivity contribution in [2.75, 3.05) is 0 Å². The van der Waals surface area contributed by atoms with Gasteiger partial charge in [-0.25, -0.2) is 14.0 Å². The number of carboxylic acid groups (broad SMARTS) is 1. The molecule has 3 aromatic rings. The molecule has 1 aromatic carbocycles. The molecule has 0 fully saturated rings. The van der Waals surface area contributed by atoms with Gasteiger partial charge in [-0.1, -0.05) is 12.1 Å². The summed E-state index contributed by atoms with van der Waals surface area (Å²) in [6, 6.07) is 6.80. The van der Waals surface area contributed by atoms with E-state index in [9.17, 15) is 18.8 Å². The van der Waals surface area contributed by atoms with E-state index in [2.05, 4.69) is 4.98 Å². The molecular weight excluding hydrogens is 311 g/mol. The number of aromatic carboxylic acids is 1. The third kappa shape index (κ3) is 2.44. The molecule has 0 atom stereocenters. The molecule has 0 saturated heterocycles. The van der Waals surface area contributed by atoms with E-state index in [0.717, 1.165) is 11.3 Å². The second-order valence-electron chi connectivity index (χ2n) is 4.61. The highest BCUT2D eigenvalue weighted by atomic mass is 32.1. The Morgan fingerprint density at radius 1 is 1.27 bits per heavy atom. The Morgan fingerprint density at radius 2 is 1.95 bits per heavy atom. The minimum Gasteiger partial charge on any atom is -0.477 e. The lowest BCUT2D eigenvalue weighted by Gasteiger charge is -2.06. The number of hydrogen-bond donors (Lipinski definition) is 2. The Kier molecular flexibility index (Phi) is 3.38. The van der Waals surface area contributed by atoms with Gasteiger partial charge in [0.1, 0.15) is 15.5 Å². The molecule has 6 nitrogen and oxygen atoms in total. The summed E-state index contributed by atoms with van der Waals surface area (Å²) in [5, 5.41) is 9.17. The summed E-state index contributed by atoms with van der Waals surface area (Å²) in [5.41, 5.74) is -0.609. The van der Waals surface area contributed by atoms with Crippen LogP contribution < -0.4 is 11.2 Å². The summed E-state index contributed by atoms with van der Waals surface area (Å²) in [6.45, 7) is 0.103. The van der Waals surface area contributed by atoms with Gasteiger partial charge in [-0.05, 0) is 23.8 Å². The van der Waals surface area contributed by atoms with E-state index in [1.165, 1.54) is 34.9 Å². The number of hydrogen-bond acceptors (Lipinski definition) is 4. The van der Waals surface area contributed by atoms with Gasteiger partial charge in [0, 0.05) is 0 Å². The maximum Gasteiger partial charge on any atom is 0.345 e. The summed E-state index contributed by atoms with van der Waals surface area (Å²) in [7, 11) is 0. The van der Waals surface area contributed by atoms with Gasteiger partial charge in [0.2, 0.25) is 0 Å². The van der Waals surface area contributed by atoms with Crippen LogP contribution in [0.5, 0.6) is 0 Å². The van der Waals surface area contributed by atoms with Crippen LogP contribution in [0, 0.1) is 5.82 Å². The van der Waals surface area contributed by atoms with Crippen molar-refractivity contribution in [1.82, 2.24) is 9.55 Å². The first-order chi connectivity index (χ1) is 10.5. The van der Waals surface area contributed by atoms with Crippen LogP contribution in [0.4, 0.5) is 4.39 Å². The average Bonchev–Trinajstić information content (AvgIpc) is 2.91. The first-order valence-electron chi connectivity index (χ1n) is 6.20. The third-order valence-electron chi connectivity index (χ3n) is 3.13. The van der Waals surface area contributed by atoms with Crippen LogP contribution in [-0.2, 0) is 6.54 Å². The highest BCUT2D eigenvalue weighted by Gasteiger charge is 2.15. The lowest BCUT2D eigenvalue weighted by molar-refractivity contribution is 0.0702. The minimum atomic E-state index is -1.17. The molecule has 0 aliphatic carbocycles. The van der Waals surface area contributed by atoms with Crippen LogP contribution in [0.25, 0.3) is 10.2 Å². The maximum absolute atomic E-state index is 12.9. The number of H-pyrrole nitrogens is 1. The van der Waals surface area contributed by atoms with E-state index in [-0.39, 0.29) is 21.6 Å². The first-order valence-corrected chi connectivity index (χ1v) is 7.02. The Balaban J connectivity index is 2.19. The van der Waals surface area contributed by atoms with Crippen molar-refractivity contribution in [3.05, 3.63) is 67.4 Å². The fourth-order valence-corrected chi connectivity index (χ4v) is 3.08. The number of aromatic amines is 1. The lowest BCUT2D eigenvalue weighted by atomic mass is 10.2. The van der Waals surface area contributed by atoms with Crippen molar-refractivity contribution in [3.63, 3.8) is 0 Å². The molecule has 112 valence electrons. The number of halogens is 1. The molecular formula is C14H9FN2O4S. The quantitative estimate of drug-likeness (QED) is 0.767. The van der Waals surface area contributed by atoms with E-state index in [1.54, 1.807) is 0 Å². The van der Waals surface area contributed by atoms with Gasteiger partial charge < -0.3 is 5.11 Å². The molecule has 2 heterocycles. The number of carboxylic acids is 1. The summed E-state index contributed by atoms with van der Waals surface area (Å²) in [6.07, 6.45) is 0. The Bertz CT molecular complexity index is 985. The Labute approximate surface area is 126 Å². The van der Waals surface area contributed by atoms with E-state index < -0.39 is 23.0 Å². The molecule has 8 heteroatoms. The summed E-state index contributed by atoms with van der Waals surface area (Å²) in [5.74, 6) is -1.56. The SMILES string of the molecule is O=C(O)c1cc2c(=O)[nH]c(=O)n(Cc3ccc(F)cc3)c2s1. The normalized spacial score (nSPS) is 11.0. The van der Waals surface area contributed by atoms with Crippen LogP contribution in [0.2, 0.25) is 0 Å². The number of carbonyl (C=O) groups is 1. The number of aromatic nitrogens is 2. The van der Waals surface area contributed by atoms with Gasteiger partial charge >= 0.3 is 11.7 Å². The van der Waals surface area contributed by atoms with E-state index in [4.69, 9.17) is 5.11 Å².